The van der Waals surface area contributed by atoms with Gasteiger partial charge in [-0.05, 0) is 80.0 Å². The van der Waals surface area contributed by atoms with E-state index in [-0.39, 0.29) is 17.3 Å². The van der Waals surface area contributed by atoms with E-state index in [1.807, 2.05) is 42.6 Å². The van der Waals surface area contributed by atoms with Crippen LogP contribution in [0.4, 0.5) is 0 Å². The lowest BCUT2D eigenvalue weighted by atomic mass is 9.84. The van der Waals surface area contributed by atoms with E-state index >= 15 is 0 Å². The van der Waals surface area contributed by atoms with Crippen molar-refractivity contribution >= 4 is 28.8 Å². The highest BCUT2D eigenvalue weighted by molar-refractivity contribution is 7.12. The predicted molar refractivity (Wildman–Crippen MR) is 106 cm³/mol. The number of hydrogen-bond acceptors (Lipinski definition) is 4. The molecule has 0 saturated carbocycles. The molecule has 3 aliphatic rings. The van der Waals surface area contributed by atoms with Gasteiger partial charge in [0.1, 0.15) is 5.75 Å². The van der Waals surface area contributed by atoms with Crippen LogP contribution in [0, 0.1) is 5.92 Å². The molecular formula is C20H23ClN2O2S. The summed E-state index contributed by atoms with van der Waals surface area (Å²) in [5, 5.41) is 6.00. The Hall–Kier alpha value is -1.56. The molecule has 4 nitrogen and oxygen atoms in total. The van der Waals surface area contributed by atoms with Gasteiger partial charge in [-0.3, -0.25) is 4.79 Å². The van der Waals surface area contributed by atoms with Crippen LogP contribution in [0.25, 0.3) is 0 Å². The smallest absolute Gasteiger partial charge is 0.251 e. The third kappa shape index (κ3) is 3.90. The molecule has 26 heavy (non-hydrogen) atoms. The number of ether oxygens (including phenoxy) is 1. The summed E-state index contributed by atoms with van der Waals surface area (Å²) >= 11 is 7.60. The van der Waals surface area contributed by atoms with Gasteiger partial charge in [-0.2, -0.15) is 0 Å². The summed E-state index contributed by atoms with van der Waals surface area (Å²) in [6.45, 7) is 5.28. The standard InChI is InChI=1S/C20H23ClN2O2S/c1-13(21)16-10-19(26-12-16)25-17-4-2-15(3-5-17)20(24)22-18-11-23-8-6-14(18)7-9-23/h2-5,10,12-14,18H,6-9,11H2,1H3,(H,22,24)/t13?,18-/m0/s1. The van der Waals surface area contributed by atoms with E-state index < -0.39 is 0 Å². The normalized spacial score (nSPS) is 25.7. The topological polar surface area (TPSA) is 41.6 Å². The van der Waals surface area contributed by atoms with Gasteiger partial charge in [0.05, 0.1) is 5.38 Å². The van der Waals surface area contributed by atoms with E-state index in [1.165, 1.54) is 37.3 Å². The largest absolute Gasteiger partial charge is 0.447 e. The van der Waals surface area contributed by atoms with Gasteiger partial charge in [-0.1, -0.05) is 0 Å². The number of nitrogens with one attached hydrogen (secondary N) is 1. The highest BCUT2D eigenvalue weighted by Gasteiger charge is 2.34. The minimum Gasteiger partial charge on any atom is -0.447 e. The van der Waals surface area contributed by atoms with E-state index in [1.54, 1.807) is 0 Å². The minimum atomic E-state index is -0.0268. The van der Waals surface area contributed by atoms with Crippen molar-refractivity contribution < 1.29 is 9.53 Å². The van der Waals surface area contributed by atoms with Gasteiger partial charge >= 0.3 is 0 Å². The Bertz CT molecular complexity index is 766. The van der Waals surface area contributed by atoms with Crippen molar-refractivity contribution in [3.05, 3.63) is 46.8 Å². The minimum absolute atomic E-state index is 0.00433. The van der Waals surface area contributed by atoms with Gasteiger partial charge in [-0.15, -0.1) is 22.9 Å². The molecule has 2 aromatic rings. The first-order valence-corrected chi connectivity index (χ1v) is 10.4. The van der Waals surface area contributed by atoms with E-state index in [4.69, 9.17) is 16.3 Å². The summed E-state index contributed by atoms with van der Waals surface area (Å²) in [4.78, 5) is 15.0. The maximum Gasteiger partial charge on any atom is 0.251 e. The van der Waals surface area contributed by atoms with Crippen molar-refractivity contribution in [2.45, 2.75) is 31.2 Å². The van der Waals surface area contributed by atoms with Crippen molar-refractivity contribution in [2.75, 3.05) is 19.6 Å². The molecule has 3 fully saturated rings. The maximum atomic E-state index is 12.6. The van der Waals surface area contributed by atoms with Gasteiger partial charge in [0.15, 0.2) is 5.06 Å². The highest BCUT2D eigenvalue weighted by atomic mass is 35.5. The molecule has 0 spiro atoms. The maximum absolute atomic E-state index is 12.6. The van der Waals surface area contributed by atoms with Crippen molar-refractivity contribution in [2.24, 2.45) is 5.92 Å². The Morgan fingerprint density at radius 3 is 2.62 bits per heavy atom. The molecule has 0 radical (unpaired) electrons. The second-order valence-corrected chi connectivity index (χ2v) is 8.69. The van der Waals surface area contributed by atoms with Crippen LogP contribution in [0.2, 0.25) is 0 Å². The second-order valence-electron chi connectivity index (χ2n) is 7.16. The first kappa shape index (κ1) is 17.8. The number of carbonyl (C=O) groups excluding carboxylic acids is 1. The van der Waals surface area contributed by atoms with Crippen molar-refractivity contribution in [3.8, 4) is 10.8 Å². The van der Waals surface area contributed by atoms with Gasteiger partial charge < -0.3 is 15.0 Å². The third-order valence-electron chi connectivity index (χ3n) is 5.36. The van der Waals surface area contributed by atoms with Crippen LogP contribution in [-0.2, 0) is 0 Å². The fraction of sp³-hybridized carbons (Fsp3) is 0.450. The number of amides is 1. The van der Waals surface area contributed by atoms with Crippen LogP contribution in [-0.4, -0.2) is 36.5 Å². The van der Waals surface area contributed by atoms with E-state index in [0.29, 0.717) is 11.5 Å². The van der Waals surface area contributed by atoms with Crippen molar-refractivity contribution in [3.63, 3.8) is 0 Å². The molecule has 1 aromatic carbocycles. The third-order valence-corrected chi connectivity index (χ3v) is 6.44. The highest BCUT2D eigenvalue weighted by Crippen LogP contribution is 2.33. The zero-order valence-corrected chi connectivity index (χ0v) is 16.4. The fourth-order valence-electron chi connectivity index (χ4n) is 3.76. The fourth-order valence-corrected chi connectivity index (χ4v) is 4.84. The number of hydrogen-bond donors (Lipinski definition) is 1. The molecular weight excluding hydrogens is 368 g/mol. The summed E-state index contributed by atoms with van der Waals surface area (Å²) in [7, 11) is 0. The molecule has 1 unspecified atom stereocenters. The van der Waals surface area contributed by atoms with Gasteiger partial charge in [0, 0.05) is 18.2 Å². The number of piperidine rings is 3. The van der Waals surface area contributed by atoms with Crippen molar-refractivity contribution in [1.82, 2.24) is 10.2 Å². The van der Waals surface area contributed by atoms with Crippen LogP contribution in [0.1, 0.15) is 41.1 Å². The Morgan fingerprint density at radius 2 is 2.04 bits per heavy atom. The van der Waals surface area contributed by atoms with Gasteiger partial charge in [0.25, 0.3) is 5.91 Å². The van der Waals surface area contributed by atoms with Gasteiger partial charge in [0.2, 0.25) is 0 Å². The molecule has 0 aliphatic carbocycles. The van der Waals surface area contributed by atoms with Crippen LogP contribution in [0.5, 0.6) is 10.8 Å². The number of halogens is 1. The summed E-state index contributed by atoms with van der Waals surface area (Å²) in [6.07, 6.45) is 2.39. The van der Waals surface area contributed by atoms with E-state index in [0.717, 1.165) is 22.9 Å². The average molecular weight is 391 g/mol. The van der Waals surface area contributed by atoms with Crippen LogP contribution < -0.4 is 10.1 Å². The van der Waals surface area contributed by atoms with Crippen LogP contribution >= 0.6 is 22.9 Å². The molecule has 5 rings (SSSR count). The number of benzene rings is 1. The number of nitrogens with zero attached hydrogens (tertiary/aromatic N) is 1. The Balaban J connectivity index is 1.36. The Morgan fingerprint density at radius 1 is 1.31 bits per heavy atom. The number of thiophene rings is 1. The summed E-state index contributed by atoms with van der Waals surface area (Å²) in [6, 6.07) is 9.57. The lowest BCUT2D eigenvalue weighted by Crippen LogP contribution is -2.57. The molecule has 1 amide bonds. The van der Waals surface area contributed by atoms with E-state index in [2.05, 4.69) is 10.2 Å². The summed E-state index contributed by atoms with van der Waals surface area (Å²) in [5.74, 6) is 1.36. The molecule has 2 atom stereocenters. The van der Waals surface area contributed by atoms with Crippen LogP contribution in [0.15, 0.2) is 35.7 Å². The zero-order chi connectivity index (χ0) is 18.1. The molecule has 6 heteroatoms. The van der Waals surface area contributed by atoms with Crippen molar-refractivity contribution in [1.29, 1.82) is 0 Å². The first-order valence-electron chi connectivity index (χ1n) is 9.12. The molecule has 138 valence electrons. The number of fused-ring (bicyclic) bond motifs is 3. The average Bonchev–Trinajstić information content (AvgIpc) is 3.12. The molecule has 4 heterocycles. The van der Waals surface area contributed by atoms with Crippen LogP contribution in [0.3, 0.4) is 0 Å². The quantitative estimate of drug-likeness (QED) is 0.754. The van der Waals surface area contributed by atoms with E-state index in [9.17, 15) is 4.79 Å². The molecule has 3 aliphatic heterocycles. The molecule has 1 aromatic heterocycles. The van der Waals surface area contributed by atoms with Gasteiger partial charge in [-0.25, -0.2) is 0 Å². The Kier molecular flexibility index (Phi) is 5.20. The number of alkyl halides is 1. The molecule has 2 bridgehead atoms. The summed E-state index contributed by atoms with van der Waals surface area (Å²) in [5.41, 5.74) is 1.73. The zero-order valence-electron chi connectivity index (χ0n) is 14.8. The monoisotopic (exact) mass is 390 g/mol. The Labute approximate surface area is 163 Å². The number of rotatable bonds is 5. The number of carbonyl (C=O) groups is 1. The predicted octanol–water partition coefficient (Wildman–Crippen LogP) is 4.66. The first-order chi connectivity index (χ1) is 12.6. The molecule has 3 saturated heterocycles. The lowest BCUT2D eigenvalue weighted by Gasteiger charge is -2.44. The summed E-state index contributed by atoms with van der Waals surface area (Å²) < 4.78 is 5.86. The second kappa shape index (κ2) is 7.59. The molecule has 1 N–H and O–H groups in total. The lowest BCUT2D eigenvalue weighted by molar-refractivity contribution is 0.0620. The SMILES string of the molecule is CC(Cl)c1csc(Oc2ccc(C(=O)N[C@H]3CN4CCC3CC4)cc2)c1.